The minimum absolute atomic E-state index is 0.194. The molecule has 0 heterocycles. The van der Waals surface area contributed by atoms with E-state index < -0.39 is 0 Å². The highest BCUT2D eigenvalue weighted by molar-refractivity contribution is 5.77. The van der Waals surface area contributed by atoms with Gasteiger partial charge in [-0.2, -0.15) is 0 Å². The molecule has 0 spiro atoms. The third-order valence-corrected chi connectivity index (χ3v) is 4.77. The molecule has 0 unspecified atom stereocenters. The van der Waals surface area contributed by atoms with E-state index in [1.165, 1.54) is 5.56 Å². The molecule has 0 saturated carbocycles. The van der Waals surface area contributed by atoms with Crippen LogP contribution < -0.4 is 9.47 Å². The van der Waals surface area contributed by atoms with Crippen molar-refractivity contribution >= 4 is 0 Å². The van der Waals surface area contributed by atoms with Crippen LogP contribution in [0.4, 0.5) is 0 Å². The molecule has 0 fully saturated rings. The second-order valence-electron chi connectivity index (χ2n) is 6.36. The van der Waals surface area contributed by atoms with Crippen molar-refractivity contribution in [3.63, 3.8) is 0 Å². The first kappa shape index (κ1) is 19.3. The number of hydrogen-bond acceptors (Lipinski definition) is 2. The molecule has 0 atom stereocenters. The van der Waals surface area contributed by atoms with Gasteiger partial charge in [-0.05, 0) is 35.8 Å². The first-order chi connectivity index (χ1) is 13.8. The fourth-order valence-corrected chi connectivity index (χ4v) is 3.52. The molecule has 1 aliphatic carbocycles. The molecule has 0 N–H and O–H groups in total. The lowest BCUT2D eigenvalue weighted by molar-refractivity contribution is 0.409. The number of terminal acetylenes is 1. The lowest BCUT2D eigenvalue weighted by atomic mass is 9.87. The Morgan fingerprint density at radius 3 is 2.29 bits per heavy atom. The Hall–Kier alpha value is -3.44. The highest BCUT2D eigenvalue weighted by atomic mass is 16.5. The van der Waals surface area contributed by atoms with Crippen LogP contribution in [0.15, 0.2) is 85.0 Å². The van der Waals surface area contributed by atoms with Gasteiger partial charge in [-0.25, -0.2) is 0 Å². The van der Waals surface area contributed by atoms with Crippen LogP contribution in [-0.4, -0.2) is 14.2 Å². The van der Waals surface area contributed by atoms with Crippen LogP contribution in [0, 0.1) is 12.3 Å². The van der Waals surface area contributed by atoms with Crippen molar-refractivity contribution < 1.29 is 9.47 Å². The van der Waals surface area contributed by atoms with Crippen molar-refractivity contribution in [2.24, 2.45) is 0 Å². The van der Waals surface area contributed by atoms with Crippen molar-refractivity contribution in [2.45, 2.75) is 12.3 Å². The first-order valence-corrected chi connectivity index (χ1v) is 9.26. The third kappa shape index (κ3) is 4.10. The Balaban J connectivity index is 2.13. The predicted molar refractivity (Wildman–Crippen MR) is 117 cm³/mol. The Morgan fingerprint density at radius 2 is 1.61 bits per heavy atom. The van der Waals surface area contributed by atoms with Gasteiger partial charge in [0.1, 0.15) is 11.5 Å². The van der Waals surface area contributed by atoms with Gasteiger partial charge in [0.15, 0.2) is 0 Å². The summed E-state index contributed by atoms with van der Waals surface area (Å²) in [5, 5.41) is 0. The van der Waals surface area contributed by atoms with Crippen LogP contribution in [0.5, 0.6) is 11.5 Å². The fraction of sp³-hybridized carbons (Fsp3) is 0.154. The van der Waals surface area contributed by atoms with Crippen LogP contribution in [-0.2, 0) is 6.42 Å². The largest absolute Gasteiger partial charge is 0.496 e. The average molecular weight is 368 g/mol. The van der Waals surface area contributed by atoms with E-state index in [1.807, 2.05) is 36.4 Å². The van der Waals surface area contributed by atoms with E-state index >= 15 is 0 Å². The summed E-state index contributed by atoms with van der Waals surface area (Å²) >= 11 is 0. The van der Waals surface area contributed by atoms with Crippen molar-refractivity contribution in [1.82, 2.24) is 0 Å². The normalized spacial score (nSPS) is 13.5. The second kappa shape index (κ2) is 9.48. The minimum atomic E-state index is 0.194. The Bertz CT molecular complexity index is 972. The number of methoxy groups -OCH3 is 2. The quantitative estimate of drug-likeness (QED) is 0.449. The molecule has 0 aromatic heterocycles. The molecule has 2 aromatic carbocycles. The monoisotopic (exact) mass is 368 g/mol. The summed E-state index contributed by atoms with van der Waals surface area (Å²) in [6, 6.07) is 12.4. The van der Waals surface area contributed by atoms with Crippen molar-refractivity contribution in [3.8, 4) is 35.0 Å². The molecule has 140 valence electrons. The van der Waals surface area contributed by atoms with E-state index in [2.05, 4.69) is 48.4 Å². The van der Waals surface area contributed by atoms with Crippen molar-refractivity contribution in [1.29, 1.82) is 0 Å². The van der Waals surface area contributed by atoms with Gasteiger partial charge in [0.05, 0.1) is 14.2 Å². The fourth-order valence-electron chi connectivity index (χ4n) is 3.52. The zero-order chi connectivity index (χ0) is 19.8. The zero-order valence-corrected chi connectivity index (χ0v) is 16.3. The van der Waals surface area contributed by atoms with Gasteiger partial charge < -0.3 is 9.47 Å². The van der Waals surface area contributed by atoms with E-state index in [4.69, 9.17) is 15.9 Å². The second-order valence-corrected chi connectivity index (χ2v) is 6.36. The van der Waals surface area contributed by atoms with Crippen LogP contribution in [0.2, 0.25) is 0 Å². The predicted octanol–water partition coefficient (Wildman–Crippen LogP) is 5.87. The van der Waals surface area contributed by atoms with E-state index in [0.29, 0.717) is 0 Å². The van der Waals surface area contributed by atoms with E-state index in [0.717, 1.165) is 34.6 Å². The minimum Gasteiger partial charge on any atom is -0.496 e. The molecule has 3 rings (SSSR count). The maximum absolute atomic E-state index is 5.70. The van der Waals surface area contributed by atoms with Crippen LogP contribution in [0.3, 0.4) is 0 Å². The summed E-state index contributed by atoms with van der Waals surface area (Å²) in [7, 11) is 3.43. The summed E-state index contributed by atoms with van der Waals surface area (Å²) in [4.78, 5) is 0. The molecule has 0 bridgehead atoms. The summed E-state index contributed by atoms with van der Waals surface area (Å²) < 4.78 is 11.4. The first-order valence-electron chi connectivity index (χ1n) is 9.26. The maximum atomic E-state index is 5.70. The van der Waals surface area contributed by atoms with E-state index in [9.17, 15) is 0 Å². The summed E-state index contributed by atoms with van der Waals surface area (Å²) in [5.74, 6) is 4.45. The molecular formula is C26H24O2. The number of ether oxygens (including phenoxy) is 2. The van der Waals surface area contributed by atoms with Gasteiger partial charge in [-0.3, -0.25) is 0 Å². The molecular weight excluding hydrogens is 344 g/mol. The Labute approximate surface area is 167 Å². The molecule has 2 nitrogen and oxygen atoms in total. The molecule has 28 heavy (non-hydrogen) atoms. The Morgan fingerprint density at radius 1 is 0.929 bits per heavy atom. The molecule has 0 amide bonds. The smallest absolute Gasteiger partial charge is 0.123 e. The Kier molecular flexibility index (Phi) is 6.54. The number of rotatable bonds is 7. The SMILES string of the molecule is C#C/C=C\C=C/Cc1c(OC)cccc1-c1cccc(OC)c1C1C=CC=C1. The van der Waals surface area contributed by atoms with Gasteiger partial charge >= 0.3 is 0 Å². The average Bonchev–Trinajstić information content (AvgIpc) is 3.27. The van der Waals surface area contributed by atoms with E-state index in [1.54, 1.807) is 20.3 Å². The van der Waals surface area contributed by atoms with E-state index in [-0.39, 0.29) is 5.92 Å². The standard InChI is InChI=1S/C26H24O2/c1-4-5-6-7-8-15-22-21(16-11-18-24(22)27-2)23-17-12-19-25(28-3)26(23)20-13-9-10-14-20/h1,5-14,16-20H,15H2,2-3H3/b6-5-,8-7-. The zero-order valence-electron chi connectivity index (χ0n) is 16.3. The van der Waals surface area contributed by atoms with Gasteiger partial charge in [0.25, 0.3) is 0 Å². The lowest BCUT2D eigenvalue weighted by Gasteiger charge is -2.20. The maximum Gasteiger partial charge on any atom is 0.123 e. The topological polar surface area (TPSA) is 18.5 Å². The van der Waals surface area contributed by atoms with Crippen molar-refractivity contribution in [3.05, 3.63) is 96.1 Å². The molecule has 0 aliphatic heterocycles. The van der Waals surface area contributed by atoms with Gasteiger partial charge in [0, 0.05) is 17.0 Å². The highest BCUT2D eigenvalue weighted by Crippen LogP contribution is 2.42. The van der Waals surface area contributed by atoms with Crippen LogP contribution >= 0.6 is 0 Å². The van der Waals surface area contributed by atoms with Crippen LogP contribution in [0.1, 0.15) is 17.0 Å². The van der Waals surface area contributed by atoms with Gasteiger partial charge in [-0.1, -0.05) is 72.7 Å². The molecule has 2 aromatic rings. The molecule has 1 aliphatic rings. The molecule has 0 saturated heterocycles. The molecule has 0 radical (unpaired) electrons. The third-order valence-electron chi connectivity index (χ3n) is 4.77. The highest BCUT2D eigenvalue weighted by Gasteiger charge is 2.20. The van der Waals surface area contributed by atoms with Gasteiger partial charge in [0.2, 0.25) is 0 Å². The summed E-state index contributed by atoms with van der Waals surface area (Å²) in [6.07, 6.45) is 22.1. The lowest BCUT2D eigenvalue weighted by Crippen LogP contribution is -2.01. The number of hydrogen-bond donors (Lipinski definition) is 0. The summed E-state index contributed by atoms with van der Waals surface area (Å²) in [6.45, 7) is 0. The summed E-state index contributed by atoms with van der Waals surface area (Å²) in [5.41, 5.74) is 4.60. The number of allylic oxidation sites excluding steroid dienone is 8. The number of benzene rings is 2. The van der Waals surface area contributed by atoms with Crippen molar-refractivity contribution in [2.75, 3.05) is 14.2 Å². The van der Waals surface area contributed by atoms with Crippen LogP contribution in [0.25, 0.3) is 11.1 Å². The van der Waals surface area contributed by atoms with Gasteiger partial charge in [-0.15, -0.1) is 6.42 Å². The molecule has 2 heteroatoms.